The fraction of sp³-hybridized carbons (Fsp3) is 0.571. The summed E-state index contributed by atoms with van der Waals surface area (Å²) in [5.41, 5.74) is -0.274. The molecule has 0 radical (unpaired) electrons. The van der Waals surface area contributed by atoms with Gasteiger partial charge in [-0.3, -0.25) is 4.90 Å². The summed E-state index contributed by atoms with van der Waals surface area (Å²) in [5, 5.41) is 13.0. The highest BCUT2D eigenvalue weighted by atomic mass is 19.1. The number of hydrogen-bond donors (Lipinski definition) is 2. The fourth-order valence-corrected chi connectivity index (χ4v) is 2.58. The van der Waals surface area contributed by atoms with Crippen LogP contribution in [0, 0.1) is 11.6 Å². The maximum atomic E-state index is 13.4. The summed E-state index contributed by atoms with van der Waals surface area (Å²) in [6.45, 7) is 4.93. The fourth-order valence-electron chi connectivity index (χ4n) is 2.58. The molecule has 106 valence electrons. The number of halogens is 2. The second-order valence-corrected chi connectivity index (χ2v) is 5.18. The topological polar surface area (TPSA) is 35.5 Å². The number of nitrogens with one attached hydrogen (secondary N) is 1. The van der Waals surface area contributed by atoms with Crippen molar-refractivity contribution in [2.45, 2.75) is 18.9 Å². The number of aliphatic hydroxyl groups is 1. The summed E-state index contributed by atoms with van der Waals surface area (Å²) in [5.74, 6) is -1.22. The summed E-state index contributed by atoms with van der Waals surface area (Å²) in [7, 11) is 0. The first kappa shape index (κ1) is 14.4. The van der Waals surface area contributed by atoms with E-state index < -0.39 is 17.2 Å². The molecular formula is C14H20F2N2O. The zero-order valence-corrected chi connectivity index (χ0v) is 11.1. The van der Waals surface area contributed by atoms with Crippen molar-refractivity contribution in [3.63, 3.8) is 0 Å². The molecular weight excluding hydrogens is 250 g/mol. The van der Waals surface area contributed by atoms with Crippen molar-refractivity contribution >= 4 is 0 Å². The molecule has 1 aromatic carbocycles. The van der Waals surface area contributed by atoms with Crippen LogP contribution in [0.15, 0.2) is 18.2 Å². The summed E-state index contributed by atoms with van der Waals surface area (Å²) in [4.78, 5) is 2.08. The number of nitrogens with zero attached hydrogens (tertiary/aromatic N) is 1. The highest BCUT2D eigenvalue weighted by Gasteiger charge is 2.34. The van der Waals surface area contributed by atoms with Gasteiger partial charge in [-0.2, -0.15) is 0 Å². The minimum absolute atomic E-state index is 0.171. The van der Waals surface area contributed by atoms with Crippen LogP contribution in [0.4, 0.5) is 8.78 Å². The van der Waals surface area contributed by atoms with Crippen LogP contribution in [0.25, 0.3) is 0 Å². The quantitative estimate of drug-likeness (QED) is 0.873. The van der Waals surface area contributed by atoms with Crippen LogP contribution in [0.1, 0.15) is 18.9 Å². The highest BCUT2D eigenvalue weighted by Crippen LogP contribution is 2.29. The Morgan fingerprint density at radius 2 is 1.89 bits per heavy atom. The Hall–Kier alpha value is -1.04. The van der Waals surface area contributed by atoms with Gasteiger partial charge < -0.3 is 10.4 Å². The van der Waals surface area contributed by atoms with E-state index in [9.17, 15) is 13.9 Å². The Balaban J connectivity index is 2.34. The maximum Gasteiger partial charge on any atom is 0.126 e. The van der Waals surface area contributed by atoms with Gasteiger partial charge in [-0.25, -0.2) is 8.78 Å². The van der Waals surface area contributed by atoms with Gasteiger partial charge in [0.15, 0.2) is 0 Å². The Bertz CT molecular complexity index is 413. The predicted molar refractivity (Wildman–Crippen MR) is 69.9 cm³/mol. The SMILES string of the molecule is CC(CO)(c1cc(F)cc(F)c1)N1CCCNCC1. The van der Waals surface area contributed by atoms with Crippen molar-refractivity contribution in [1.82, 2.24) is 10.2 Å². The lowest BCUT2D eigenvalue weighted by atomic mass is 9.90. The molecule has 2 N–H and O–H groups in total. The summed E-state index contributed by atoms with van der Waals surface area (Å²) < 4.78 is 26.8. The van der Waals surface area contributed by atoms with E-state index >= 15 is 0 Å². The molecule has 0 bridgehead atoms. The maximum absolute atomic E-state index is 13.4. The third-order valence-corrected chi connectivity index (χ3v) is 3.83. The van der Waals surface area contributed by atoms with E-state index in [2.05, 4.69) is 10.2 Å². The van der Waals surface area contributed by atoms with Crippen LogP contribution in [0.3, 0.4) is 0 Å². The molecule has 1 atom stereocenters. The van der Waals surface area contributed by atoms with E-state index in [0.717, 1.165) is 38.7 Å². The third kappa shape index (κ3) is 3.11. The van der Waals surface area contributed by atoms with Crippen molar-refractivity contribution in [2.75, 3.05) is 32.8 Å². The van der Waals surface area contributed by atoms with E-state index in [1.807, 2.05) is 6.92 Å². The highest BCUT2D eigenvalue weighted by molar-refractivity contribution is 5.26. The molecule has 0 aliphatic carbocycles. The summed E-state index contributed by atoms with van der Waals surface area (Å²) in [6.07, 6.45) is 0.952. The van der Waals surface area contributed by atoms with Gasteiger partial charge in [-0.05, 0) is 37.6 Å². The first-order valence-corrected chi connectivity index (χ1v) is 6.59. The average molecular weight is 270 g/mol. The summed E-state index contributed by atoms with van der Waals surface area (Å²) in [6, 6.07) is 3.46. The van der Waals surface area contributed by atoms with Crippen molar-refractivity contribution in [3.8, 4) is 0 Å². The lowest BCUT2D eigenvalue weighted by Gasteiger charge is -2.40. The van der Waals surface area contributed by atoms with Gasteiger partial charge >= 0.3 is 0 Å². The van der Waals surface area contributed by atoms with E-state index in [1.165, 1.54) is 12.1 Å². The smallest absolute Gasteiger partial charge is 0.126 e. The molecule has 0 spiro atoms. The van der Waals surface area contributed by atoms with Crippen LogP contribution in [-0.2, 0) is 5.54 Å². The molecule has 1 fully saturated rings. The van der Waals surface area contributed by atoms with E-state index in [4.69, 9.17) is 0 Å². The van der Waals surface area contributed by atoms with Crippen molar-refractivity contribution < 1.29 is 13.9 Å². The Morgan fingerprint density at radius 1 is 1.21 bits per heavy atom. The minimum atomic E-state index is -0.755. The average Bonchev–Trinajstić information content (AvgIpc) is 2.65. The third-order valence-electron chi connectivity index (χ3n) is 3.83. The van der Waals surface area contributed by atoms with Crippen molar-refractivity contribution in [2.24, 2.45) is 0 Å². The van der Waals surface area contributed by atoms with E-state index in [1.54, 1.807) is 0 Å². The van der Waals surface area contributed by atoms with Crippen molar-refractivity contribution in [3.05, 3.63) is 35.4 Å². The lowest BCUT2D eigenvalue weighted by Crippen LogP contribution is -2.48. The Kier molecular flexibility index (Phi) is 4.50. The zero-order valence-electron chi connectivity index (χ0n) is 11.1. The van der Waals surface area contributed by atoms with Gasteiger partial charge in [-0.15, -0.1) is 0 Å². The van der Waals surface area contributed by atoms with Crippen LogP contribution >= 0.6 is 0 Å². The largest absolute Gasteiger partial charge is 0.394 e. The van der Waals surface area contributed by atoms with Crippen LogP contribution in [0.5, 0.6) is 0 Å². The number of benzene rings is 1. The standard InChI is InChI=1S/C14H20F2N2O/c1-14(10-19,18-5-2-3-17-4-6-18)11-7-12(15)9-13(16)8-11/h7-9,17,19H,2-6,10H2,1H3. The monoisotopic (exact) mass is 270 g/mol. The molecule has 0 aromatic heterocycles. The molecule has 3 nitrogen and oxygen atoms in total. The predicted octanol–water partition coefficient (Wildman–Crippen LogP) is 1.47. The summed E-state index contributed by atoms with van der Waals surface area (Å²) >= 11 is 0. The van der Waals surface area contributed by atoms with Gasteiger partial charge in [-0.1, -0.05) is 0 Å². The Labute approximate surface area is 112 Å². The molecule has 1 unspecified atom stereocenters. The first-order chi connectivity index (χ1) is 9.06. The van der Waals surface area contributed by atoms with Gasteiger partial charge in [0.05, 0.1) is 12.1 Å². The molecule has 0 amide bonds. The lowest BCUT2D eigenvalue weighted by molar-refractivity contribution is 0.0448. The van der Waals surface area contributed by atoms with Crippen molar-refractivity contribution in [1.29, 1.82) is 0 Å². The van der Waals surface area contributed by atoms with Gasteiger partial charge in [0.2, 0.25) is 0 Å². The number of hydrogen-bond acceptors (Lipinski definition) is 3. The normalized spacial score (nSPS) is 20.8. The van der Waals surface area contributed by atoms with E-state index in [-0.39, 0.29) is 6.61 Å². The molecule has 19 heavy (non-hydrogen) atoms. The molecule has 5 heteroatoms. The van der Waals surface area contributed by atoms with Gasteiger partial charge in [0, 0.05) is 25.7 Å². The molecule has 1 aliphatic rings. The molecule has 1 heterocycles. The number of aliphatic hydroxyl groups excluding tert-OH is 1. The molecule has 0 saturated carbocycles. The van der Waals surface area contributed by atoms with Crippen LogP contribution in [-0.4, -0.2) is 42.8 Å². The molecule has 1 aliphatic heterocycles. The van der Waals surface area contributed by atoms with Crippen LogP contribution < -0.4 is 5.32 Å². The van der Waals surface area contributed by atoms with Gasteiger partial charge in [0.1, 0.15) is 11.6 Å². The second kappa shape index (κ2) is 5.94. The molecule has 2 rings (SSSR count). The van der Waals surface area contributed by atoms with Gasteiger partial charge in [0.25, 0.3) is 0 Å². The minimum Gasteiger partial charge on any atom is -0.394 e. The zero-order chi connectivity index (χ0) is 13.9. The Morgan fingerprint density at radius 3 is 2.53 bits per heavy atom. The first-order valence-electron chi connectivity index (χ1n) is 6.59. The van der Waals surface area contributed by atoms with E-state index in [0.29, 0.717) is 5.56 Å². The molecule has 1 aromatic rings. The molecule has 1 saturated heterocycles. The van der Waals surface area contributed by atoms with Crippen LogP contribution in [0.2, 0.25) is 0 Å². The second-order valence-electron chi connectivity index (χ2n) is 5.18. The number of rotatable bonds is 3.